The zero-order chi connectivity index (χ0) is 20.1. The molecule has 0 saturated carbocycles. The molecule has 0 aromatic heterocycles. The van der Waals surface area contributed by atoms with E-state index in [-0.39, 0.29) is 12.6 Å². The molecule has 2 aliphatic heterocycles. The topological polar surface area (TPSA) is 73.9 Å². The predicted octanol–water partition coefficient (Wildman–Crippen LogP) is 2.26. The molecular weight excluding hydrogens is 424 g/mol. The molecule has 0 aliphatic carbocycles. The SMILES string of the molecule is CCOC(=O)C1=C(CN2CCCN(C)CC2)NC(=O)NC1c1cccc(Br)c1. The number of esters is 1. The highest BCUT2D eigenvalue weighted by atomic mass is 79.9. The molecule has 1 aromatic carbocycles. The van der Waals surface area contributed by atoms with Gasteiger partial charge in [-0.2, -0.15) is 0 Å². The van der Waals surface area contributed by atoms with Gasteiger partial charge in [-0.25, -0.2) is 9.59 Å². The average Bonchev–Trinajstić information content (AvgIpc) is 2.85. The van der Waals surface area contributed by atoms with Gasteiger partial charge in [-0.05, 0) is 51.2 Å². The van der Waals surface area contributed by atoms with Crippen LogP contribution in [-0.2, 0) is 9.53 Å². The van der Waals surface area contributed by atoms with E-state index in [1.165, 1.54) is 0 Å². The summed E-state index contributed by atoms with van der Waals surface area (Å²) in [5.74, 6) is -0.401. The zero-order valence-electron chi connectivity index (χ0n) is 16.3. The second-order valence-electron chi connectivity index (χ2n) is 7.13. The van der Waals surface area contributed by atoms with E-state index in [0.29, 0.717) is 17.8 Å². The van der Waals surface area contributed by atoms with E-state index in [4.69, 9.17) is 4.74 Å². The van der Waals surface area contributed by atoms with Crippen LogP contribution in [0.5, 0.6) is 0 Å². The standard InChI is InChI=1S/C20H27BrN4O3/c1-3-28-19(26)17-16(13-25-9-5-8-24(2)10-11-25)22-20(27)23-18(17)14-6-4-7-15(21)12-14/h4,6-7,12,18H,3,5,8-11,13H2,1-2H3,(H2,22,23,27). The maximum atomic E-state index is 12.8. The molecular formula is C20H27BrN4O3. The fourth-order valence-corrected chi connectivity index (χ4v) is 4.03. The van der Waals surface area contributed by atoms with E-state index < -0.39 is 12.0 Å². The first kappa shape index (κ1) is 20.8. The van der Waals surface area contributed by atoms with E-state index in [0.717, 1.165) is 42.6 Å². The van der Waals surface area contributed by atoms with Gasteiger partial charge in [0.05, 0.1) is 18.2 Å². The van der Waals surface area contributed by atoms with Crippen molar-refractivity contribution in [2.75, 3.05) is 46.4 Å². The van der Waals surface area contributed by atoms with Crippen molar-refractivity contribution in [2.24, 2.45) is 0 Å². The maximum Gasteiger partial charge on any atom is 0.338 e. The molecule has 0 bridgehead atoms. The van der Waals surface area contributed by atoms with Gasteiger partial charge in [0.2, 0.25) is 0 Å². The number of nitrogens with one attached hydrogen (secondary N) is 2. The van der Waals surface area contributed by atoms with Crippen LogP contribution in [0, 0.1) is 0 Å². The highest BCUT2D eigenvalue weighted by Crippen LogP contribution is 2.29. The maximum absolute atomic E-state index is 12.8. The molecule has 7 nitrogen and oxygen atoms in total. The van der Waals surface area contributed by atoms with Gasteiger partial charge in [-0.1, -0.05) is 28.1 Å². The van der Waals surface area contributed by atoms with Crippen LogP contribution in [-0.4, -0.2) is 68.2 Å². The van der Waals surface area contributed by atoms with E-state index >= 15 is 0 Å². The monoisotopic (exact) mass is 450 g/mol. The second-order valence-corrected chi connectivity index (χ2v) is 8.05. The van der Waals surface area contributed by atoms with Crippen LogP contribution >= 0.6 is 15.9 Å². The number of rotatable bonds is 5. The minimum Gasteiger partial charge on any atom is -0.463 e. The van der Waals surface area contributed by atoms with Crippen LogP contribution in [0.2, 0.25) is 0 Å². The molecule has 8 heteroatoms. The van der Waals surface area contributed by atoms with E-state index in [1.807, 2.05) is 24.3 Å². The van der Waals surface area contributed by atoms with Crippen LogP contribution in [0.15, 0.2) is 40.0 Å². The molecule has 28 heavy (non-hydrogen) atoms. The molecule has 1 aromatic rings. The Labute approximate surface area is 174 Å². The highest BCUT2D eigenvalue weighted by Gasteiger charge is 2.34. The molecule has 2 heterocycles. The Kier molecular flexibility index (Phi) is 7.09. The van der Waals surface area contributed by atoms with Crippen molar-refractivity contribution in [2.45, 2.75) is 19.4 Å². The number of carbonyl (C=O) groups is 2. The Bertz CT molecular complexity index is 768. The van der Waals surface area contributed by atoms with E-state index in [1.54, 1.807) is 6.92 Å². The summed E-state index contributed by atoms with van der Waals surface area (Å²) in [6.07, 6.45) is 1.06. The third kappa shape index (κ3) is 5.12. The number of benzene rings is 1. The third-order valence-electron chi connectivity index (χ3n) is 5.02. The summed E-state index contributed by atoms with van der Waals surface area (Å²) in [7, 11) is 2.11. The number of hydrogen-bond donors (Lipinski definition) is 2. The fraction of sp³-hybridized carbons (Fsp3) is 0.500. The lowest BCUT2D eigenvalue weighted by Gasteiger charge is -2.32. The van der Waals surface area contributed by atoms with Gasteiger partial charge in [-0.3, -0.25) is 4.90 Å². The van der Waals surface area contributed by atoms with Crippen molar-refractivity contribution in [3.05, 3.63) is 45.6 Å². The zero-order valence-corrected chi connectivity index (χ0v) is 17.9. The second kappa shape index (κ2) is 9.54. The minimum atomic E-state index is -0.546. The minimum absolute atomic E-state index is 0.281. The Balaban J connectivity index is 1.95. The molecule has 2 N–H and O–H groups in total. The molecule has 3 rings (SSSR count). The van der Waals surface area contributed by atoms with Gasteiger partial charge in [0.1, 0.15) is 0 Å². The molecule has 2 amide bonds. The molecule has 1 atom stereocenters. The molecule has 1 saturated heterocycles. The van der Waals surface area contributed by atoms with Gasteiger partial charge >= 0.3 is 12.0 Å². The number of nitrogens with zero attached hydrogens (tertiary/aromatic N) is 2. The number of halogens is 1. The van der Waals surface area contributed by atoms with Gasteiger partial charge in [0.25, 0.3) is 0 Å². The summed E-state index contributed by atoms with van der Waals surface area (Å²) in [6, 6.07) is 6.76. The van der Waals surface area contributed by atoms with Gasteiger partial charge in [0, 0.05) is 29.8 Å². The number of urea groups is 1. The fourth-order valence-electron chi connectivity index (χ4n) is 3.61. The van der Waals surface area contributed by atoms with Crippen LogP contribution in [0.1, 0.15) is 24.9 Å². The largest absolute Gasteiger partial charge is 0.463 e. The lowest BCUT2D eigenvalue weighted by molar-refractivity contribution is -0.139. The van der Waals surface area contributed by atoms with Crippen LogP contribution in [0.3, 0.4) is 0 Å². The van der Waals surface area contributed by atoms with Gasteiger partial charge in [-0.15, -0.1) is 0 Å². The molecule has 152 valence electrons. The number of carbonyl (C=O) groups excluding carboxylic acids is 2. The summed E-state index contributed by atoms with van der Waals surface area (Å²) in [5.41, 5.74) is 1.93. The summed E-state index contributed by atoms with van der Waals surface area (Å²) in [4.78, 5) is 29.8. The molecule has 1 fully saturated rings. The molecule has 0 spiro atoms. The predicted molar refractivity (Wildman–Crippen MR) is 111 cm³/mol. The van der Waals surface area contributed by atoms with E-state index in [9.17, 15) is 9.59 Å². The molecule has 1 unspecified atom stereocenters. The molecule has 0 radical (unpaired) electrons. The number of likely N-dealkylation sites (N-methyl/N-ethyl adjacent to an activating group) is 1. The van der Waals surface area contributed by atoms with Crippen LogP contribution < -0.4 is 10.6 Å². The lowest BCUT2D eigenvalue weighted by Crippen LogP contribution is -2.48. The Morgan fingerprint density at radius 3 is 2.86 bits per heavy atom. The number of ether oxygens (including phenoxy) is 1. The van der Waals surface area contributed by atoms with Crippen molar-refractivity contribution < 1.29 is 14.3 Å². The van der Waals surface area contributed by atoms with E-state index in [2.05, 4.69) is 43.4 Å². The van der Waals surface area contributed by atoms with Crippen molar-refractivity contribution in [3.63, 3.8) is 0 Å². The van der Waals surface area contributed by atoms with Crippen molar-refractivity contribution in [3.8, 4) is 0 Å². The van der Waals surface area contributed by atoms with Crippen LogP contribution in [0.4, 0.5) is 4.79 Å². The first-order valence-electron chi connectivity index (χ1n) is 9.62. The van der Waals surface area contributed by atoms with Gasteiger partial charge < -0.3 is 20.3 Å². The molecule has 2 aliphatic rings. The van der Waals surface area contributed by atoms with Crippen molar-refractivity contribution in [1.29, 1.82) is 0 Å². The number of hydrogen-bond acceptors (Lipinski definition) is 5. The Hall–Kier alpha value is -1.90. The van der Waals surface area contributed by atoms with Crippen molar-refractivity contribution >= 4 is 27.9 Å². The summed E-state index contributed by atoms with van der Waals surface area (Å²) < 4.78 is 6.22. The third-order valence-corrected chi connectivity index (χ3v) is 5.52. The van der Waals surface area contributed by atoms with Gasteiger partial charge in [0.15, 0.2) is 0 Å². The average molecular weight is 451 g/mol. The summed E-state index contributed by atoms with van der Waals surface area (Å²) >= 11 is 3.47. The Morgan fingerprint density at radius 1 is 1.29 bits per heavy atom. The first-order chi connectivity index (χ1) is 13.5. The Morgan fingerprint density at radius 2 is 2.11 bits per heavy atom. The highest BCUT2D eigenvalue weighted by molar-refractivity contribution is 9.10. The lowest BCUT2D eigenvalue weighted by atomic mass is 9.95. The van der Waals surface area contributed by atoms with Crippen LogP contribution in [0.25, 0.3) is 0 Å². The quantitative estimate of drug-likeness (QED) is 0.672. The number of amides is 2. The van der Waals surface area contributed by atoms with Crippen molar-refractivity contribution in [1.82, 2.24) is 20.4 Å². The summed E-state index contributed by atoms with van der Waals surface area (Å²) in [5, 5.41) is 5.74. The first-order valence-corrected chi connectivity index (χ1v) is 10.4. The normalized spacial score (nSPS) is 21.7. The smallest absolute Gasteiger partial charge is 0.338 e. The summed E-state index contributed by atoms with van der Waals surface area (Å²) in [6.45, 7) is 6.41.